The van der Waals surface area contributed by atoms with E-state index < -0.39 is 5.92 Å². The number of aromatic nitrogens is 1. The molecular formula is C38H22N4OS. The van der Waals surface area contributed by atoms with Crippen LogP contribution in [0.25, 0.3) is 60.6 Å². The summed E-state index contributed by atoms with van der Waals surface area (Å²) < 4.78 is 2.25. The first kappa shape index (κ1) is 25.7. The van der Waals surface area contributed by atoms with Crippen molar-refractivity contribution in [3.63, 3.8) is 0 Å². The van der Waals surface area contributed by atoms with Gasteiger partial charge in [0.25, 0.3) is 5.56 Å². The Morgan fingerprint density at radius 1 is 0.682 bits per heavy atom. The number of nitriles is 2. The molecule has 0 radical (unpaired) electrons. The van der Waals surface area contributed by atoms with E-state index in [0.29, 0.717) is 14.8 Å². The van der Waals surface area contributed by atoms with Crippen molar-refractivity contribution >= 4 is 71.9 Å². The Labute approximate surface area is 255 Å². The van der Waals surface area contributed by atoms with Crippen molar-refractivity contribution in [2.75, 3.05) is 0 Å². The highest BCUT2D eigenvalue weighted by atomic mass is 32.1. The van der Waals surface area contributed by atoms with Crippen LogP contribution in [-0.4, -0.2) is 4.57 Å². The van der Waals surface area contributed by atoms with E-state index in [0.717, 1.165) is 54.2 Å². The second-order valence-corrected chi connectivity index (χ2v) is 11.9. The Kier molecular flexibility index (Phi) is 5.74. The minimum Gasteiger partial charge on any atom is -0.384 e. The van der Waals surface area contributed by atoms with Gasteiger partial charge in [0.15, 0.2) is 0 Å². The molecule has 206 valence electrons. The van der Waals surface area contributed by atoms with Gasteiger partial charge in [0, 0.05) is 0 Å². The van der Waals surface area contributed by atoms with Crippen LogP contribution in [0.4, 0.5) is 0 Å². The standard InChI is InChI=1S/C38H22N4OS/c39-20-31-35(34-28-15-7-3-11-24(28)18-25-12-4-8-16-29(25)34)32(21-40)38-42(36(31)41)37(43)33(44-38)19-30-26-13-5-1-9-22(26)17-23-10-2-6-14-27(23)30/h1-19,35H,41H2/t35-/m0/s1. The predicted octanol–water partition coefficient (Wildman–Crippen LogP) is 6.47. The predicted molar refractivity (Wildman–Crippen MR) is 179 cm³/mol. The second kappa shape index (κ2) is 9.81. The molecule has 0 fully saturated rings. The summed E-state index contributed by atoms with van der Waals surface area (Å²) in [6.45, 7) is 0. The zero-order valence-corrected chi connectivity index (χ0v) is 24.1. The lowest BCUT2D eigenvalue weighted by molar-refractivity contribution is 0.913. The number of nitrogens with zero attached hydrogens (tertiary/aromatic N) is 3. The van der Waals surface area contributed by atoms with Crippen LogP contribution >= 0.6 is 11.3 Å². The molecule has 0 amide bonds. The van der Waals surface area contributed by atoms with Crippen molar-refractivity contribution in [2.45, 2.75) is 5.92 Å². The van der Waals surface area contributed by atoms with Crippen molar-refractivity contribution in [3.05, 3.63) is 145 Å². The number of allylic oxidation sites excluding steroid dienone is 1. The van der Waals surface area contributed by atoms with Gasteiger partial charge in [-0.3, -0.25) is 9.36 Å². The third-order valence-corrected chi connectivity index (χ3v) is 9.69. The fourth-order valence-corrected chi connectivity index (χ4v) is 7.75. The highest BCUT2D eigenvalue weighted by Crippen LogP contribution is 2.43. The smallest absolute Gasteiger partial charge is 0.274 e. The summed E-state index contributed by atoms with van der Waals surface area (Å²) >= 11 is 1.24. The van der Waals surface area contributed by atoms with Gasteiger partial charge in [-0.05, 0) is 72.4 Å². The number of hydrogen-bond acceptors (Lipinski definition) is 5. The van der Waals surface area contributed by atoms with Gasteiger partial charge in [0.1, 0.15) is 10.5 Å². The van der Waals surface area contributed by atoms with E-state index in [-0.39, 0.29) is 17.0 Å². The van der Waals surface area contributed by atoms with E-state index >= 15 is 0 Å². The van der Waals surface area contributed by atoms with E-state index in [1.165, 1.54) is 15.9 Å². The van der Waals surface area contributed by atoms with Gasteiger partial charge in [-0.1, -0.05) is 97.1 Å². The molecule has 0 unspecified atom stereocenters. The number of rotatable bonds is 2. The van der Waals surface area contributed by atoms with Gasteiger partial charge in [0.05, 0.1) is 33.7 Å². The Morgan fingerprint density at radius 3 is 1.64 bits per heavy atom. The van der Waals surface area contributed by atoms with Crippen LogP contribution in [0.3, 0.4) is 0 Å². The van der Waals surface area contributed by atoms with E-state index in [2.05, 4.69) is 48.5 Å². The van der Waals surface area contributed by atoms with Gasteiger partial charge in [-0.2, -0.15) is 10.5 Å². The van der Waals surface area contributed by atoms with Gasteiger partial charge in [-0.15, -0.1) is 11.3 Å². The molecule has 5 nitrogen and oxygen atoms in total. The van der Waals surface area contributed by atoms with E-state index in [1.54, 1.807) is 0 Å². The first-order valence-corrected chi connectivity index (χ1v) is 15.0. The Bertz CT molecular complexity index is 2570. The number of fused-ring (bicyclic) bond motifs is 5. The first-order valence-electron chi connectivity index (χ1n) is 14.2. The molecule has 1 atom stereocenters. The van der Waals surface area contributed by atoms with Crippen LogP contribution in [0.15, 0.2) is 120 Å². The summed E-state index contributed by atoms with van der Waals surface area (Å²) in [5.41, 5.74) is 8.66. The third kappa shape index (κ3) is 3.66. The highest BCUT2D eigenvalue weighted by molar-refractivity contribution is 7.07. The average molecular weight is 583 g/mol. The lowest BCUT2D eigenvalue weighted by atomic mass is 9.79. The van der Waals surface area contributed by atoms with Gasteiger partial charge in [0.2, 0.25) is 0 Å². The Balaban J connectivity index is 1.50. The maximum Gasteiger partial charge on any atom is 0.274 e. The normalized spacial score (nSPS) is 15.2. The van der Waals surface area contributed by atoms with Crippen LogP contribution < -0.4 is 20.5 Å². The molecule has 1 aromatic heterocycles. The number of hydrogen-bond donors (Lipinski definition) is 1. The first-order chi connectivity index (χ1) is 21.6. The second-order valence-electron chi connectivity index (χ2n) is 10.9. The van der Waals surface area contributed by atoms with Crippen molar-refractivity contribution in [3.8, 4) is 12.1 Å². The summed E-state index contributed by atoms with van der Waals surface area (Å²) in [7, 11) is 0. The SMILES string of the molecule is N#CC1=C(N)n2c(sc(=Cc3c4ccccc4cc4ccccc34)c2=O)=C(C#N)[C@H]1c1c2ccccc2cc2ccccc12. The molecule has 0 saturated carbocycles. The molecular weight excluding hydrogens is 561 g/mol. The van der Waals surface area contributed by atoms with Crippen LogP contribution in [0, 0.1) is 22.7 Å². The summed E-state index contributed by atoms with van der Waals surface area (Å²) in [4.78, 5) is 14.1. The molecule has 6 aromatic carbocycles. The van der Waals surface area contributed by atoms with Crippen molar-refractivity contribution < 1.29 is 0 Å². The van der Waals surface area contributed by atoms with Crippen LogP contribution in [0.5, 0.6) is 0 Å². The van der Waals surface area contributed by atoms with Crippen molar-refractivity contribution in [1.29, 1.82) is 10.5 Å². The highest BCUT2D eigenvalue weighted by Gasteiger charge is 2.34. The van der Waals surface area contributed by atoms with Gasteiger partial charge < -0.3 is 5.73 Å². The number of nitrogens with two attached hydrogens (primary N) is 1. The van der Waals surface area contributed by atoms with Crippen molar-refractivity contribution in [2.24, 2.45) is 5.73 Å². The lowest BCUT2D eigenvalue weighted by Crippen LogP contribution is -2.38. The largest absolute Gasteiger partial charge is 0.384 e. The van der Waals surface area contributed by atoms with Gasteiger partial charge in [-0.25, -0.2) is 0 Å². The average Bonchev–Trinajstić information content (AvgIpc) is 3.38. The summed E-state index contributed by atoms with van der Waals surface area (Å²) in [5.74, 6) is -0.669. The molecule has 6 heteroatoms. The molecule has 2 N–H and O–H groups in total. The summed E-state index contributed by atoms with van der Waals surface area (Å²) in [5, 5.41) is 29.3. The number of benzene rings is 6. The molecule has 0 bridgehead atoms. The van der Waals surface area contributed by atoms with E-state index in [4.69, 9.17) is 5.73 Å². The van der Waals surface area contributed by atoms with Crippen molar-refractivity contribution in [1.82, 2.24) is 4.57 Å². The maximum absolute atomic E-state index is 14.1. The molecule has 1 aliphatic rings. The topological polar surface area (TPSA) is 95.6 Å². The fourth-order valence-electron chi connectivity index (χ4n) is 6.64. The molecule has 0 saturated heterocycles. The molecule has 44 heavy (non-hydrogen) atoms. The Hall–Kier alpha value is -5.95. The zero-order chi connectivity index (χ0) is 29.9. The minimum atomic E-state index is -0.731. The molecule has 1 aliphatic heterocycles. The number of thiazole rings is 1. The summed E-state index contributed by atoms with van der Waals surface area (Å²) in [6.07, 6.45) is 1.90. The minimum absolute atomic E-state index is 0.0622. The molecule has 0 spiro atoms. The maximum atomic E-state index is 14.1. The van der Waals surface area contributed by atoms with Crippen LogP contribution in [-0.2, 0) is 0 Å². The quantitative estimate of drug-likeness (QED) is 0.236. The third-order valence-electron chi connectivity index (χ3n) is 8.58. The van der Waals surface area contributed by atoms with Crippen LogP contribution in [0.1, 0.15) is 17.0 Å². The molecule has 2 heterocycles. The zero-order valence-electron chi connectivity index (χ0n) is 23.3. The van der Waals surface area contributed by atoms with Crippen LogP contribution in [0.2, 0.25) is 0 Å². The Morgan fingerprint density at radius 2 is 1.14 bits per heavy atom. The summed E-state index contributed by atoms with van der Waals surface area (Å²) in [6, 6.07) is 41.1. The monoisotopic (exact) mass is 582 g/mol. The molecule has 7 aromatic rings. The van der Waals surface area contributed by atoms with E-state index in [9.17, 15) is 15.3 Å². The molecule has 0 aliphatic carbocycles. The lowest BCUT2D eigenvalue weighted by Gasteiger charge is -2.25. The molecule has 8 rings (SSSR count). The fraction of sp³-hybridized carbons (Fsp3) is 0.0263. The van der Waals surface area contributed by atoms with Gasteiger partial charge >= 0.3 is 0 Å². The van der Waals surface area contributed by atoms with E-state index in [1.807, 2.05) is 78.9 Å².